The predicted octanol–water partition coefficient (Wildman–Crippen LogP) is 3.50. The minimum Gasteiger partial charge on any atom is -0.339 e. The van der Waals surface area contributed by atoms with Crippen LogP contribution in [0, 0.1) is 13.8 Å². The molecule has 1 aromatic carbocycles. The summed E-state index contributed by atoms with van der Waals surface area (Å²) in [7, 11) is -3.49. The molecule has 152 valence electrons. The maximum atomic E-state index is 13.2. The maximum Gasteiger partial charge on any atom is 0.254 e. The van der Waals surface area contributed by atoms with Gasteiger partial charge in [0.25, 0.3) is 5.91 Å². The summed E-state index contributed by atoms with van der Waals surface area (Å²) in [5, 5.41) is 2.61. The number of rotatable bonds is 4. The molecule has 0 atom stereocenters. The molecular weight excluding hydrogens is 406 g/mol. The molecule has 0 bridgehead atoms. The number of sulfonamides is 1. The van der Waals surface area contributed by atoms with Gasteiger partial charge in [0, 0.05) is 30.2 Å². The second-order valence-electron chi connectivity index (χ2n) is 7.45. The molecule has 29 heavy (non-hydrogen) atoms. The Morgan fingerprint density at radius 1 is 1.17 bits per heavy atom. The fourth-order valence-corrected chi connectivity index (χ4v) is 6.03. The molecule has 2 aromatic heterocycles. The fraction of sp³-hybridized carbons (Fsp3) is 0.333. The topological polar surface area (TPSA) is 79.4 Å². The van der Waals surface area contributed by atoms with Gasteiger partial charge in [-0.1, -0.05) is 17.7 Å². The van der Waals surface area contributed by atoms with Crippen molar-refractivity contribution in [2.75, 3.05) is 13.1 Å². The van der Waals surface area contributed by atoms with Crippen molar-refractivity contribution in [1.29, 1.82) is 0 Å². The minimum atomic E-state index is -3.49. The van der Waals surface area contributed by atoms with Gasteiger partial charge < -0.3 is 4.90 Å². The van der Waals surface area contributed by atoms with Gasteiger partial charge in [-0.25, -0.2) is 13.1 Å². The molecule has 0 unspecified atom stereocenters. The number of nitrogens with one attached hydrogen (secondary N) is 1. The number of hydrogen-bond acceptors (Lipinski definition) is 5. The number of fused-ring (bicyclic) bond motifs is 1. The third-order valence-corrected chi connectivity index (χ3v) is 8.10. The van der Waals surface area contributed by atoms with Gasteiger partial charge in [0.2, 0.25) is 10.0 Å². The zero-order chi connectivity index (χ0) is 20.6. The molecule has 6 nitrogen and oxygen atoms in total. The van der Waals surface area contributed by atoms with Crippen molar-refractivity contribution in [3.05, 3.63) is 58.6 Å². The monoisotopic (exact) mass is 429 g/mol. The summed E-state index contributed by atoms with van der Waals surface area (Å²) in [6.07, 6.45) is 1.19. The summed E-state index contributed by atoms with van der Waals surface area (Å²) < 4.78 is 28.0. The highest BCUT2D eigenvalue weighted by Crippen LogP contribution is 2.24. The van der Waals surface area contributed by atoms with Crippen LogP contribution in [0.5, 0.6) is 0 Å². The average molecular weight is 430 g/mol. The summed E-state index contributed by atoms with van der Waals surface area (Å²) in [6.45, 7) is 4.93. The van der Waals surface area contributed by atoms with Crippen LogP contribution in [0.4, 0.5) is 0 Å². The molecule has 3 aromatic rings. The molecule has 1 N–H and O–H groups in total. The van der Waals surface area contributed by atoms with Crippen molar-refractivity contribution in [3.8, 4) is 0 Å². The smallest absolute Gasteiger partial charge is 0.254 e. The molecular formula is C21H23N3O3S2. The van der Waals surface area contributed by atoms with Crippen molar-refractivity contribution in [2.45, 2.75) is 36.9 Å². The summed E-state index contributed by atoms with van der Waals surface area (Å²) in [5.41, 5.74) is 3.37. The van der Waals surface area contributed by atoms with Crippen molar-refractivity contribution >= 4 is 38.2 Å². The fourth-order valence-electron chi connectivity index (χ4n) is 3.71. The van der Waals surface area contributed by atoms with Gasteiger partial charge in [0.1, 0.15) is 4.21 Å². The SMILES string of the molecule is Cc1ccc2nc(C)cc(C(=O)N3CCC(NS(=O)(=O)c4cccs4)CC3)c2c1. The first-order valence-corrected chi connectivity index (χ1v) is 11.9. The molecule has 4 rings (SSSR count). The molecule has 1 fully saturated rings. The molecule has 1 amide bonds. The van der Waals surface area contributed by atoms with Gasteiger partial charge in [0.05, 0.1) is 11.1 Å². The Morgan fingerprint density at radius 2 is 1.93 bits per heavy atom. The van der Waals surface area contributed by atoms with Gasteiger partial charge in [-0.2, -0.15) is 0 Å². The van der Waals surface area contributed by atoms with Crippen molar-refractivity contribution in [3.63, 3.8) is 0 Å². The lowest BCUT2D eigenvalue weighted by molar-refractivity contribution is 0.0713. The molecule has 1 saturated heterocycles. The number of pyridine rings is 1. The lowest BCUT2D eigenvalue weighted by atomic mass is 10.0. The number of likely N-dealkylation sites (tertiary alicyclic amines) is 1. The molecule has 0 saturated carbocycles. The first-order chi connectivity index (χ1) is 13.8. The summed E-state index contributed by atoms with van der Waals surface area (Å²) in [5.74, 6) is -0.0225. The average Bonchev–Trinajstić information content (AvgIpc) is 3.23. The van der Waals surface area contributed by atoms with Crippen LogP contribution < -0.4 is 4.72 Å². The van der Waals surface area contributed by atoms with Crippen LogP contribution in [0.1, 0.15) is 34.5 Å². The minimum absolute atomic E-state index is 0.0225. The largest absolute Gasteiger partial charge is 0.339 e. The Hall–Kier alpha value is -2.29. The summed E-state index contributed by atoms with van der Waals surface area (Å²) in [4.78, 5) is 19.6. The number of piperidine rings is 1. The Bertz CT molecular complexity index is 1150. The number of carbonyl (C=O) groups is 1. The van der Waals surface area contributed by atoms with Crippen LogP contribution in [0.15, 0.2) is 46.0 Å². The summed E-state index contributed by atoms with van der Waals surface area (Å²) in [6, 6.07) is 10.9. The van der Waals surface area contributed by atoms with E-state index >= 15 is 0 Å². The Kier molecular flexibility index (Phi) is 5.42. The van der Waals surface area contributed by atoms with Crippen LogP contribution >= 0.6 is 11.3 Å². The molecule has 3 heterocycles. The first-order valence-electron chi connectivity index (χ1n) is 9.56. The van der Waals surface area contributed by atoms with E-state index in [-0.39, 0.29) is 11.9 Å². The summed E-state index contributed by atoms with van der Waals surface area (Å²) >= 11 is 1.20. The van der Waals surface area contributed by atoms with Gasteiger partial charge >= 0.3 is 0 Å². The van der Waals surface area contributed by atoms with E-state index in [1.54, 1.807) is 17.5 Å². The first kappa shape index (κ1) is 20.0. The van der Waals surface area contributed by atoms with Crippen molar-refractivity contribution < 1.29 is 13.2 Å². The Balaban J connectivity index is 1.49. The number of aryl methyl sites for hydroxylation is 2. The third kappa shape index (κ3) is 4.19. The Morgan fingerprint density at radius 3 is 2.62 bits per heavy atom. The molecule has 0 radical (unpaired) electrons. The zero-order valence-corrected chi connectivity index (χ0v) is 18.0. The molecule has 1 aliphatic heterocycles. The highest BCUT2D eigenvalue weighted by Gasteiger charge is 2.28. The zero-order valence-electron chi connectivity index (χ0n) is 16.4. The van der Waals surface area contributed by atoms with Gasteiger partial charge in [-0.15, -0.1) is 11.3 Å². The second kappa shape index (κ2) is 7.85. The van der Waals surface area contributed by atoms with Crippen molar-refractivity contribution in [2.24, 2.45) is 0 Å². The molecule has 1 aliphatic rings. The van der Waals surface area contributed by atoms with Gasteiger partial charge in [0.15, 0.2) is 0 Å². The number of benzene rings is 1. The van der Waals surface area contributed by atoms with Crippen LogP contribution in [0.3, 0.4) is 0 Å². The van der Waals surface area contributed by atoms with E-state index in [1.165, 1.54) is 11.3 Å². The van der Waals surface area contributed by atoms with Crippen molar-refractivity contribution in [1.82, 2.24) is 14.6 Å². The molecule has 0 aliphatic carbocycles. The van der Waals surface area contributed by atoms with Gasteiger partial charge in [-0.05, 0) is 56.3 Å². The normalized spacial score (nSPS) is 15.7. The number of hydrogen-bond donors (Lipinski definition) is 1. The standard InChI is InChI=1S/C21H23N3O3S2/c1-14-5-6-19-17(12-14)18(13-15(2)22-19)21(25)24-9-7-16(8-10-24)23-29(26,27)20-4-3-11-28-20/h3-6,11-13,16,23H,7-10H2,1-2H3. The number of nitrogens with zero attached hydrogens (tertiary/aromatic N) is 2. The van der Waals surface area contributed by atoms with Crippen LogP contribution in [-0.2, 0) is 10.0 Å². The molecule has 0 spiro atoms. The lowest BCUT2D eigenvalue weighted by Crippen LogP contribution is -2.46. The van der Waals surface area contributed by atoms with E-state index in [4.69, 9.17) is 0 Å². The number of thiophene rings is 1. The van der Waals surface area contributed by atoms with Crippen LogP contribution in [0.25, 0.3) is 10.9 Å². The number of amides is 1. The quantitative estimate of drug-likeness (QED) is 0.688. The van der Waals surface area contributed by atoms with E-state index in [2.05, 4.69) is 9.71 Å². The number of carbonyl (C=O) groups excluding carboxylic acids is 1. The molecule has 8 heteroatoms. The van der Waals surface area contributed by atoms with E-state index < -0.39 is 10.0 Å². The highest BCUT2D eigenvalue weighted by molar-refractivity contribution is 7.91. The van der Waals surface area contributed by atoms with E-state index in [0.717, 1.165) is 22.2 Å². The third-order valence-electron chi connectivity index (χ3n) is 5.19. The van der Waals surface area contributed by atoms with Gasteiger partial charge in [-0.3, -0.25) is 9.78 Å². The number of aromatic nitrogens is 1. The van der Waals surface area contributed by atoms with E-state index in [9.17, 15) is 13.2 Å². The van der Waals surface area contributed by atoms with Crippen LogP contribution in [-0.4, -0.2) is 43.3 Å². The highest BCUT2D eigenvalue weighted by atomic mass is 32.2. The Labute approximate surface area is 174 Å². The lowest BCUT2D eigenvalue weighted by Gasteiger charge is -2.32. The predicted molar refractivity (Wildman–Crippen MR) is 115 cm³/mol. The second-order valence-corrected chi connectivity index (χ2v) is 10.3. The maximum absolute atomic E-state index is 13.2. The van der Waals surface area contributed by atoms with E-state index in [0.29, 0.717) is 35.7 Å². The van der Waals surface area contributed by atoms with E-state index in [1.807, 2.05) is 43.0 Å². The van der Waals surface area contributed by atoms with Crippen LogP contribution in [0.2, 0.25) is 0 Å².